The number of carbonyl (C=O) groups is 1. The Morgan fingerprint density at radius 1 is 1.14 bits per heavy atom. The summed E-state index contributed by atoms with van der Waals surface area (Å²) in [6.07, 6.45) is 3.43. The van der Waals surface area contributed by atoms with Crippen LogP contribution in [0.5, 0.6) is 0 Å². The van der Waals surface area contributed by atoms with Gasteiger partial charge in [0, 0.05) is 13.2 Å². The maximum atomic E-state index is 12.1. The fraction of sp³-hybridized carbons (Fsp3) is 0.533. The smallest absolute Gasteiger partial charge is 0.252 e. The molecule has 1 amide bonds. The van der Waals surface area contributed by atoms with E-state index in [-0.39, 0.29) is 28.7 Å². The Labute approximate surface area is 126 Å². The third kappa shape index (κ3) is 5.47. The van der Waals surface area contributed by atoms with E-state index in [1.807, 2.05) is 0 Å². The molecule has 0 bridgehead atoms. The molecular weight excluding hydrogens is 290 g/mol. The van der Waals surface area contributed by atoms with Crippen molar-refractivity contribution < 1.29 is 18.3 Å². The highest BCUT2D eigenvalue weighted by atomic mass is 32.2. The molecule has 0 saturated heterocycles. The average Bonchev–Trinajstić information content (AvgIpc) is 2.50. The summed E-state index contributed by atoms with van der Waals surface area (Å²) in [4.78, 5) is 12.2. The van der Waals surface area contributed by atoms with Crippen molar-refractivity contribution in [3.63, 3.8) is 0 Å². The van der Waals surface area contributed by atoms with Gasteiger partial charge in [0.05, 0.1) is 16.2 Å². The molecule has 0 spiro atoms. The van der Waals surface area contributed by atoms with Gasteiger partial charge in [-0.3, -0.25) is 4.79 Å². The largest absolute Gasteiger partial charge is 0.396 e. The third-order valence-corrected chi connectivity index (χ3v) is 5.00. The molecule has 0 aliphatic heterocycles. The molecule has 21 heavy (non-hydrogen) atoms. The molecule has 0 radical (unpaired) electrons. The van der Waals surface area contributed by atoms with Crippen LogP contribution in [0, 0.1) is 0 Å². The molecule has 0 heterocycles. The average molecular weight is 313 g/mol. The van der Waals surface area contributed by atoms with Gasteiger partial charge >= 0.3 is 0 Å². The molecule has 6 heteroatoms. The Kier molecular flexibility index (Phi) is 7.39. The number of hydrogen-bond acceptors (Lipinski definition) is 4. The number of amides is 1. The van der Waals surface area contributed by atoms with E-state index < -0.39 is 9.84 Å². The van der Waals surface area contributed by atoms with Crippen LogP contribution in [0.2, 0.25) is 0 Å². The molecule has 0 aliphatic carbocycles. The van der Waals surface area contributed by atoms with Gasteiger partial charge in [-0.2, -0.15) is 0 Å². The molecule has 0 aromatic heterocycles. The summed E-state index contributed by atoms with van der Waals surface area (Å²) in [7, 11) is -3.41. The molecular formula is C15H23NO4S. The van der Waals surface area contributed by atoms with Crippen LogP contribution in [0.4, 0.5) is 0 Å². The van der Waals surface area contributed by atoms with Crippen LogP contribution < -0.4 is 5.32 Å². The van der Waals surface area contributed by atoms with Crippen LogP contribution in [0.1, 0.15) is 43.0 Å². The lowest BCUT2D eigenvalue weighted by atomic mass is 10.2. The second kappa shape index (κ2) is 8.79. The molecule has 0 atom stereocenters. The molecule has 0 aliphatic rings. The van der Waals surface area contributed by atoms with Gasteiger partial charge < -0.3 is 10.4 Å². The van der Waals surface area contributed by atoms with Gasteiger partial charge in [-0.25, -0.2) is 8.42 Å². The SMILES string of the molecule is CCS(=O)(=O)c1ccccc1C(=O)NCCCCCCO. The van der Waals surface area contributed by atoms with E-state index in [2.05, 4.69) is 5.32 Å². The van der Waals surface area contributed by atoms with E-state index in [4.69, 9.17) is 5.11 Å². The summed E-state index contributed by atoms with van der Waals surface area (Å²) in [6.45, 7) is 2.25. The predicted molar refractivity (Wildman–Crippen MR) is 82.1 cm³/mol. The number of rotatable bonds is 9. The van der Waals surface area contributed by atoms with E-state index >= 15 is 0 Å². The number of aliphatic hydroxyl groups excluding tert-OH is 1. The summed E-state index contributed by atoms with van der Waals surface area (Å²) >= 11 is 0. The van der Waals surface area contributed by atoms with Crippen LogP contribution in [0.25, 0.3) is 0 Å². The standard InChI is InChI=1S/C15H23NO4S/c1-2-21(19,20)14-10-6-5-9-13(14)15(18)16-11-7-3-4-8-12-17/h5-6,9-10,17H,2-4,7-8,11-12H2,1H3,(H,16,18). The maximum absolute atomic E-state index is 12.1. The minimum absolute atomic E-state index is 0.0293. The summed E-state index contributed by atoms with van der Waals surface area (Å²) < 4.78 is 23.9. The topological polar surface area (TPSA) is 83.5 Å². The van der Waals surface area contributed by atoms with Crippen LogP contribution in [0.15, 0.2) is 29.2 Å². The lowest BCUT2D eigenvalue weighted by molar-refractivity contribution is 0.0949. The second-order valence-corrected chi connectivity index (χ2v) is 7.04. The van der Waals surface area contributed by atoms with Gasteiger partial charge in [-0.15, -0.1) is 0 Å². The zero-order valence-electron chi connectivity index (χ0n) is 12.3. The summed E-state index contributed by atoms with van der Waals surface area (Å²) in [5, 5.41) is 11.4. The van der Waals surface area contributed by atoms with Gasteiger partial charge in [0.1, 0.15) is 0 Å². The number of carbonyl (C=O) groups excluding carboxylic acids is 1. The Morgan fingerprint density at radius 2 is 1.81 bits per heavy atom. The summed E-state index contributed by atoms with van der Waals surface area (Å²) in [5.74, 6) is -0.386. The predicted octanol–water partition coefficient (Wildman–Crippen LogP) is 1.76. The molecule has 2 N–H and O–H groups in total. The lowest BCUT2D eigenvalue weighted by Gasteiger charge is -2.10. The number of nitrogens with one attached hydrogen (secondary N) is 1. The number of sulfone groups is 1. The second-order valence-electron chi connectivity index (χ2n) is 4.79. The zero-order chi connectivity index (χ0) is 15.7. The summed E-state index contributed by atoms with van der Waals surface area (Å²) in [5.41, 5.74) is 0.203. The first-order valence-corrected chi connectivity index (χ1v) is 8.89. The van der Waals surface area contributed by atoms with Gasteiger partial charge in [0.25, 0.3) is 5.91 Å². The highest BCUT2D eigenvalue weighted by Crippen LogP contribution is 2.16. The van der Waals surface area contributed by atoms with E-state index in [0.29, 0.717) is 6.54 Å². The van der Waals surface area contributed by atoms with Gasteiger partial charge in [-0.05, 0) is 25.0 Å². The van der Waals surface area contributed by atoms with E-state index in [1.54, 1.807) is 19.1 Å². The fourth-order valence-electron chi connectivity index (χ4n) is 1.97. The van der Waals surface area contributed by atoms with Crippen molar-refractivity contribution in [1.82, 2.24) is 5.32 Å². The normalized spacial score (nSPS) is 11.3. The minimum Gasteiger partial charge on any atom is -0.396 e. The van der Waals surface area contributed by atoms with Gasteiger partial charge in [-0.1, -0.05) is 31.9 Å². The van der Waals surface area contributed by atoms with Crippen LogP contribution >= 0.6 is 0 Å². The van der Waals surface area contributed by atoms with E-state index in [0.717, 1.165) is 25.7 Å². The number of benzene rings is 1. The Hall–Kier alpha value is -1.40. The van der Waals surface area contributed by atoms with Crippen molar-refractivity contribution in [2.24, 2.45) is 0 Å². The first-order chi connectivity index (χ1) is 10.0. The first kappa shape index (κ1) is 17.7. The van der Waals surface area contributed by atoms with Crippen molar-refractivity contribution in [2.45, 2.75) is 37.5 Å². The first-order valence-electron chi connectivity index (χ1n) is 7.23. The van der Waals surface area contributed by atoms with Crippen LogP contribution in [0.3, 0.4) is 0 Å². The van der Waals surface area contributed by atoms with Crippen molar-refractivity contribution in [3.8, 4) is 0 Å². The maximum Gasteiger partial charge on any atom is 0.252 e. The zero-order valence-corrected chi connectivity index (χ0v) is 13.2. The Balaban J connectivity index is 2.63. The van der Waals surface area contributed by atoms with Gasteiger partial charge in [0.15, 0.2) is 9.84 Å². The van der Waals surface area contributed by atoms with Crippen molar-refractivity contribution in [2.75, 3.05) is 18.9 Å². The highest BCUT2D eigenvalue weighted by molar-refractivity contribution is 7.91. The van der Waals surface area contributed by atoms with Crippen molar-refractivity contribution in [3.05, 3.63) is 29.8 Å². The fourth-order valence-corrected chi connectivity index (χ4v) is 3.06. The number of unbranched alkanes of at least 4 members (excludes halogenated alkanes) is 3. The molecule has 1 rings (SSSR count). The van der Waals surface area contributed by atoms with Crippen LogP contribution in [-0.4, -0.2) is 38.3 Å². The highest BCUT2D eigenvalue weighted by Gasteiger charge is 2.19. The third-order valence-electron chi connectivity index (χ3n) is 3.22. The summed E-state index contributed by atoms with van der Waals surface area (Å²) in [6, 6.07) is 6.28. The van der Waals surface area contributed by atoms with Gasteiger partial charge in [0.2, 0.25) is 0 Å². The molecule has 118 valence electrons. The Bertz CT molecular complexity index is 555. The molecule has 0 saturated carbocycles. The molecule has 5 nitrogen and oxygen atoms in total. The monoisotopic (exact) mass is 313 g/mol. The molecule has 0 fully saturated rings. The van der Waals surface area contributed by atoms with E-state index in [1.165, 1.54) is 12.1 Å². The number of aliphatic hydroxyl groups is 1. The quantitative estimate of drug-likeness (QED) is 0.681. The number of hydrogen-bond donors (Lipinski definition) is 2. The molecule has 0 unspecified atom stereocenters. The Morgan fingerprint density at radius 3 is 2.48 bits per heavy atom. The van der Waals surface area contributed by atoms with Crippen molar-refractivity contribution >= 4 is 15.7 Å². The van der Waals surface area contributed by atoms with E-state index in [9.17, 15) is 13.2 Å². The minimum atomic E-state index is -3.41. The van der Waals surface area contributed by atoms with Crippen LogP contribution in [-0.2, 0) is 9.84 Å². The molecule has 1 aromatic rings. The van der Waals surface area contributed by atoms with Crippen molar-refractivity contribution in [1.29, 1.82) is 0 Å². The molecule has 1 aromatic carbocycles. The lowest BCUT2D eigenvalue weighted by Crippen LogP contribution is -2.26.